The number of allylic oxidation sites excluding steroid dienone is 1. The fraction of sp³-hybridized carbons (Fsp3) is 0.293. The molecule has 4 aromatic carbocycles. The Morgan fingerprint density at radius 2 is 1.44 bits per heavy atom. The molecular weight excluding hydrogens is 698 g/mol. The first-order valence-electron chi connectivity index (χ1n) is 17.1. The average Bonchev–Trinajstić information content (AvgIpc) is 3.83. The molecule has 4 aromatic rings. The smallest absolute Gasteiger partial charge is 0.310 e. The van der Waals surface area contributed by atoms with E-state index in [1.165, 1.54) is 34.5 Å². The summed E-state index contributed by atoms with van der Waals surface area (Å²) in [7, 11) is 7.64. The quantitative estimate of drug-likeness (QED) is 0.105. The van der Waals surface area contributed by atoms with Gasteiger partial charge in [0.1, 0.15) is 5.75 Å². The second-order valence-corrected chi connectivity index (χ2v) is 12.8. The number of methoxy groups -OCH3 is 5. The van der Waals surface area contributed by atoms with Crippen molar-refractivity contribution < 1.29 is 57.0 Å². The third-order valence-corrected chi connectivity index (χ3v) is 9.90. The normalized spacial score (nSPS) is 19.3. The Morgan fingerprint density at radius 3 is 2.09 bits per heavy atom. The zero-order valence-corrected chi connectivity index (χ0v) is 30.3. The van der Waals surface area contributed by atoms with Crippen LogP contribution in [0, 0.1) is 11.8 Å². The standard InChI is InChI=1S/C41H39NO12/c1-46-25-10-8-23(9-11-25)29(43)12-6-22-7-13-30(31(14-22)47-2)51-20-36(44)42-39-27-18-33-32(53-21-54-33)17-26(27)37(38-28(39)19-52-41(38)45)24-15-34(48-3)40(50-5)35(16-24)49-4/h6-18,28,37-39H,19-21H2,1-5H3,(H,42,44)/b12-6+/t28-,37+,38-,39+/m0/s1. The first-order chi connectivity index (χ1) is 26.3. The van der Waals surface area contributed by atoms with Crippen LogP contribution in [0.15, 0.2) is 72.8 Å². The number of cyclic esters (lactones) is 1. The number of rotatable bonds is 13. The monoisotopic (exact) mass is 737 g/mol. The Morgan fingerprint density at radius 1 is 0.759 bits per heavy atom. The molecule has 0 spiro atoms. The number of fused-ring (bicyclic) bond motifs is 3. The largest absolute Gasteiger partial charge is 0.497 e. The summed E-state index contributed by atoms with van der Waals surface area (Å²) >= 11 is 0. The lowest BCUT2D eigenvalue weighted by Gasteiger charge is -2.39. The van der Waals surface area contributed by atoms with Crippen molar-refractivity contribution in [2.45, 2.75) is 12.0 Å². The van der Waals surface area contributed by atoms with E-state index in [-0.39, 0.29) is 31.8 Å². The maximum absolute atomic E-state index is 13.6. The molecule has 13 heteroatoms. The molecule has 13 nitrogen and oxygen atoms in total. The minimum Gasteiger partial charge on any atom is -0.497 e. The number of benzene rings is 4. The number of ether oxygens (including phenoxy) is 9. The highest BCUT2D eigenvalue weighted by atomic mass is 16.7. The molecule has 3 aliphatic rings. The SMILES string of the molecule is COc1ccc(C(=O)/C=C/c2ccc(OCC(=O)N[C@@H]3c4cc5c(cc4[C@@H](c4cc(OC)c(OC)c(OC)c4)[C@H]4C(=O)OC[C@@H]43)OCO5)c(OC)c2)cc1. The predicted octanol–water partition coefficient (Wildman–Crippen LogP) is 5.53. The number of carbonyl (C=O) groups excluding carboxylic acids is 3. The van der Waals surface area contributed by atoms with E-state index in [9.17, 15) is 14.4 Å². The minimum atomic E-state index is -0.663. The fourth-order valence-corrected chi connectivity index (χ4v) is 7.32. The van der Waals surface area contributed by atoms with E-state index in [4.69, 9.17) is 42.6 Å². The molecule has 7 rings (SSSR count). The summed E-state index contributed by atoms with van der Waals surface area (Å²) < 4.78 is 50.7. The van der Waals surface area contributed by atoms with E-state index in [2.05, 4.69) is 5.32 Å². The van der Waals surface area contributed by atoms with E-state index in [1.807, 2.05) is 24.3 Å². The van der Waals surface area contributed by atoms with Crippen LogP contribution in [-0.2, 0) is 14.3 Å². The van der Waals surface area contributed by atoms with Gasteiger partial charge in [-0.3, -0.25) is 14.4 Å². The summed E-state index contributed by atoms with van der Waals surface area (Å²) in [6, 6.07) is 18.7. The van der Waals surface area contributed by atoms with Gasteiger partial charge in [-0.1, -0.05) is 12.1 Å². The lowest BCUT2D eigenvalue weighted by molar-refractivity contribution is -0.141. The van der Waals surface area contributed by atoms with Gasteiger partial charge in [-0.05, 0) is 89.0 Å². The zero-order valence-electron chi connectivity index (χ0n) is 30.3. The number of ketones is 1. The predicted molar refractivity (Wildman–Crippen MR) is 194 cm³/mol. The van der Waals surface area contributed by atoms with Gasteiger partial charge < -0.3 is 47.9 Å². The first-order valence-corrected chi connectivity index (χ1v) is 17.1. The molecule has 0 saturated carbocycles. The van der Waals surface area contributed by atoms with Gasteiger partial charge in [0.2, 0.25) is 12.5 Å². The van der Waals surface area contributed by atoms with Crippen molar-refractivity contribution >= 4 is 23.7 Å². The van der Waals surface area contributed by atoms with Gasteiger partial charge in [0.15, 0.2) is 46.9 Å². The Balaban J connectivity index is 1.13. The van der Waals surface area contributed by atoms with Crippen LogP contribution < -0.4 is 43.2 Å². The Kier molecular flexibility index (Phi) is 10.2. The van der Waals surface area contributed by atoms with E-state index >= 15 is 0 Å². The highest BCUT2D eigenvalue weighted by Crippen LogP contribution is 2.55. The molecule has 2 heterocycles. The van der Waals surface area contributed by atoms with E-state index < -0.39 is 29.7 Å². The van der Waals surface area contributed by atoms with Gasteiger partial charge in [0, 0.05) is 17.4 Å². The van der Waals surface area contributed by atoms with Crippen molar-refractivity contribution in [1.29, 1.82) is 0 Å². The number of hydrogen-bond acceptors (Lipinski definition) is 12. The Labute approximate surface area is 311 Å². The summed E-state index contributed by atoms with van der Waals surface area (Å²) in [5, 5.41) is 3.11. The van der Waals surface area contributed by atoms with Crippen molar-refractivity contribution in [2.75, 3.05) is 55.6 Å². The minimum absolute atomic E-state index is 0.0439. The second kappa shape index (κ2) is 15.3. The maximum atomic E-state index is 13.6. The molecule has 2 aliphatic heterocycles. The molecule has 1 amide bonds. The Hall–Kier alpha value is -6.37. The van der Waals surface area contributed by atoms with Gasteiger partial charge in [0.25, 0.3) is 5.91 Å². The lowest BCUT2D eigenvalue weighted by atomic mass is 9.65. The molecule has 1 saturated heterocycles. The van der Waals surface area contributed by atoms with Crippen LogP contribution in [0.4, 0.5) is 0 Å². The van der Waals surface area contributed by atoms with E-state index in [1.54, 1.807) is 55.7 Å². The Bertz CT molecular complexity index is 2080. The van der Waals surface area contributed by atoms with E-state index in [0.29, 0.717) is 57.1 Å². The number of nitrogens with one attached hydrogen (secondary N) is 1. The van der Waals surface area contributed by atoms with Crippen LogP contribution in [0.25, 0.3) is 6.08 Å². The van der Waals surface area contributed by atoms with Crippen molar-refractivity contribution in [3.05, 3.63) is 101 Å². The van der Waals surface area contributed by atoms with Crippen LogP contribution >= 0.6 is 0 Å². The highest BCUT2D eigenvalue weighted by Gasteiger charge is 2.53. The topological polar surface area (TPSA) is 146 Å². The van der Waals surface area contributed by atoms with Gasteiger partial charge >= 0.3 is 5.97 Å². The molecule has 0 radical (unpaired) electrons. The molecule has 1 N–H and O–H groups in total. The third-order valence-electron chi connectivity index (χ3n) is 9.90. The molecule has 0 aromatic heterocycles. The van der Waals surface area contributed by atoms with Crippen molar-refractivity contribution in [1.82, 2.24) is 5.32 Å². The lowest BCUT2D eigenvalue weighted by Crippen LogP contribution is -2.44. The first kappa shape index (κ1) is 36.0. The highest BCUT2D eigenvalue weighted by molar-refractivity contribution is 6.06. The van der Waals surface area contributed by atoms with Gasteiger partial charge in [-0.15, -0.1) is 0 Å². The van der Waals surface area contributed by atoms with Crippen molar-refractivity contribution in [3.63, 3.8) is 0 Å². The van der Waals surface area contributed by atoms with Crippen LogP contribution in [0.3, 0.4) is 0 Å². The summed E-state index contributed by atoms with van der Waals surface area (Å²) in [4.78, 5) is 39.9. The zero-order chi connectivity index (χ0) is 37.9. The molecule has 0 bridgehead atoms. The molecule has 0 unspecified atom stereocenters. The third kappa shape index (κ3) is 6.80. The second-order valence-electron chi connectivity index (χ2n) is 12.8. The summed E-state index contributed by atoms with van der Waals surface area (Å²) in [5.41, 5.74) is 3.47. The summed E-state index contributed by atoms with van der Waals surface area (Å²) in [6.45, 7) is -0.212. The summed E-state index contributed by atoms with van der Waals surface area (Å²) in [5.74, 6) is 1.13. The van der Waals surface area contributed by atoms with E-state index in [0.717, 1.165) is 16.7 Å². The van der Waals surface area contributed by atoms with Crippen LogP contribution in [0.2, 0.25) is 0 Å². The van der Waals surface area contributed by atoms with Crippen LogP contribution in [0.1, 0.15) is 44.6 Å². The molecule has 280 valence electrons. The van der Waals surface area contributed by atoms with Gasteiger partial charge in [-0.2, -0.15) is 0 Å². The number of amides is 1. The number of esters is 1. The molecule has 1 aliphatic carbocycles. The van der Waals surface area contributed by atoms with Gasteiger partial charge in [0.05, 0.1) is 54.1 Å². The molecule has 54 heavy (non-hydrogen) atoms. The number of hydrogen-bond donors (Lipinski definition) is 1. The molecule has 4 atom stereocenters. The van der Waals surface area contributed by atoms with Crippen LogP contribution in [-0.4, -0.2) is 73.2 Å². The molecule has 1 fully saturated rings. The van der Waals surface area contributed by atoms with Crippen LogP contribution in [0.5, 0.6) is 46.0 Å². The average molecular weight is 738 g/mol. The van der Waals surface area contributed by atoms with Crippen molar-refractivity contribution in [2.24, 2.45) is 11.8 Å². The summed E-state index contributed by atoms with van der Waals surface area (Å²) in [6.07, 6.45) is 3.14. The fourth-order valence-electron chi connectivity index (χ4n) is 7.32. The number of carbonyl (C=O) groups is 3. The van der Waals surface area contributed by atoms with Crippen molar-refractivity contribution in [3.8, 4) is 46.0 Å². The maximum Gasteiger partial charge on any atom is 0.310 e. The molecular formula is C41H39NO12. The van der Waals surface area contributed by atoms with Gasteiger partial charge in [-0.25, -0.2) is 0 Å².